The molecular weight excluding hydrogens is 370 g/mol. The molecule has 4 atom stereocenters. The summed E-state index contributed by atoms with van der Waals surface area (Å²) >= 11 is 0. The number of hydrogen-bond acceptors (Lipinski definition) is 7. The van der Waals surface area contributed by atoms with Crippen molar-refractivity contribution in [2.45, 2.75) is 71.0 Å². The summed E-state index contributed by atoms with van der Waals surface area (Å²) in [6.45, 7) is 6.00. The van der Waals surface area contributed by atoms with Crippen LogP contribution in [0.3, 0.4) is 0 Å². The number of nitrogens with one attached hydrogen (secondary N) is 1. The quantitative estimate of drug-likeness (QED) is 0.302. The number of carbonyl (C=O) groups is 1. The first-order valence-corrected chi connectivity index (χ1v) is 12.0. The maximum atomic E-state index is 12.6. The Kier molecular flexibility index (Phi) is 8.52. The summed E-state index contributed by atoms with van der Waals surface area (Å²) in [5.41, 5.74) is -0.0417. The minimum absolute atomic E-state index is 0.0188. The Morgan fingerprint density at radius 1 is 1.26 bits per heavy atom. The van der Waals surface area contributed by atoms with Crippen molar-refractivity contribution in [1.29, 1.82) is 0 Å². The molecule has 0 aromatic rings. The molecule has 1 saturated heterocycles. The third-order valence-electron chi connectivity index (χ3n) is 5.67. The van der Waals surface area contributed by atoms with Gasteiger partial charge in [0.15, 0.2) is 0 Å². The zero-order valence-electron chi connectivity index (χ0n) is 16.9. The smallest absolute Gasteiger partial charge is 0.309 e. The van der Waals surface area contributed by atoms with Crippen molar-refractivity contribution in [2.75, 3.05) is 32.6 Å². The van der Waals surface area contributed by atoms with E-state index in [9.17, 15) is 13.2 Å². The van der Waals surface area contributed by atoms with Crippen LogP contribution in [0, 0.1) is 11.3 Å². The predicted molar refractivity (Wildman–Crippen MR) is 103 cm³/mol. The molecule has 1 aliphatic carbocycles. The minimum atomic E-state index is -3.47. The van der Waals surface area contributed by atoms with E-state index in [-0.39, 0.29) is 42.7 Å². The number of esters is 1. The average molecular weight is 406 g/mol. The molecule has 0 aromatic heterocycles. The zero-order valence-corrected chi connectivity index (χ0v) is 17.7. The van der Waals surface area contributed by atoms with Crippen LogP contribution in [0.5, 0.6) is 0 Å². The van der Waals surface area contributed by atoms with Gasteiger partial charge in [-0.15, -0.1) is 0 Å². The van der Waals surface area contributed by atoms with Crippen molar-refractivity contribution in [3.8, 4) is 0 Å². The molecule has 4 unspecified atom stereocenters. The van der Waals surface area contributed by atoms with Crippen LogP contribution in [0.15, 0.2) is 0 Å². The highest BCUT2D eigenvalue weighted by Crippen LogP contribution is 2.49. The van der Waals surface area contributed by atoms with Gasteiger partial charge >= 0.3 is 5.97 Å². The van der Waals surface area contributed by atoms with Crippen molar-refractivity contribution < 1.29 is 26.9 Å². The van der Waals surface area contributed by atoms with Crippen molar-refractivity contribution in [2.24, 2.45) is 11.3 Å². The highest BCUT2D eigenvalue weighted by Gasteiger charge is 2.58. The molecule has 2 fully saturated rings. The summed E-state index contributed by atoms with van der Waals surface area (Å²) < 4.78 is 38.4. The van der Waals surface area contributed by atoms with Gasteiger partial charge in [0.25, 0.3) is 10.1 Å². The first-order valence-electron chi connectivity index (χ1n) is 10.1. The lowest BCUT2D eigenvalue weighted by Gasteiger charge is -2.51. The second-order valence-corrected chi connectivity index (χ2v) is 9.68. The van der Waals surface area contributed by atoms with Crippen molar-refractivity contribution in [3.05, 3.63) is 0 Å². The predicted octanol–water partition coefficient (Wildman–Crippen LogP) is 2.25. The fourth-order valence-electron chi connectivity index (χ4n) is 4.01. The lowest BCUT2D eigenvalue weighted by atomic mass is 9.63. The van der Waals surface area contributed by atoms with Gasteiger partial charge in [0, 0.05) is 12.0 Å². The van der Waals surface area contributed by atoms with Crippen LogP contribution in [0.2, 0.25) is 0 Å². The van der Waals surface area contributed by atoms with Gasteiger partial charge in [-0.3, -0.25) is 8.98 Å². The summed E-state index contributed by atoms with van der Waals surface area (Å²) in [6.07, 6.45) is 7.77. The molecule has 2 aliphatic rings. The summed E-state index contributed by atoms with van der Waals surface area (Å²) in [7, 11) is -3.47. The Labute approximate surface area is 163 Å². The van der Waals surface area contributed by atoms with E-state index < -0.39 is 10.1 Å². The Balaban J connectivity index is 1.82. The molecule has 0 amide bonds. The first kappa shape index (κ1) is 22.6. The number of carbonyl (C=O) groups excluding carboxylic acids is 1. The van der Waals surface area contributed by atoms with E-state index in [2.05, 4.69) is 12.2 Å². The van der Waals surface area contributed by atoms with Crippen LogP contribution in [0.1, 0.15) is 58.8 Å². The SMILES string of the molecule is CCCCCCC(C)C(=O)OC1C(OCCOS(C)(=O)=O)CC12CCNC2. The van der Waals surface area contributed by atoms with E-state index in [0.717, 1.165) is 51.4 Å². The highest BCUT2D eigenvalue weighted by atomic mass is 32.2. The summed E-state index contributed by atoms with van der Waals surface area (Å²) in [5, 5.41) is 3.35. The Bertz CT molecular complexity index is 573. The number of hydrogen-bond donors (Lipinski definition) is 1. The zero-order chi connectivity index (χ0) is 19.9. The molecule has 1 saturated carbocycles. The van der Waals surface area contributed by atoms with Crippen LogP contribution < -0.4 is 5.32 Å². The van der Waals surface area contributed by atoms with Crippen LogP contribution in [-0.4, -0.2) is 59.2 Å². The maximum absolute atomic E-state index is 12.6. The Hall–Kier alpha value is -0.700. The third-order valence-corrected chi connectivity index (χ3v) is 6.27. The van der Waals surface area contributed by atoms with Gasteiger partial charge < -0.3 is 14.8 Å². The van der Waals surface area contributed by atoms with E-state index in [0.29, 0.717) is 0 Å². The lowest BCUT2D eigenvalue weighted by molar-refractivity contribution is -0.213. The molecule has 0 aromatic carbocycles. The number of ether oxygens (including phenoxy) is 2. The van der Waals surface area contributed by atoms with Crippen LogP contribution in [0.4, 0.5) is 0 Å². The fourth-order valence-corrected chi connectivity index (χ4v) is 4.38. The molecule has 1 spiro atoms. The van der Waals surface area contributed by atoms with E-state index in [4.69, 9.17) is 13.7 Å². The molecule has 8 heteroatoms. The molecule has 1 heterocycles. The van der Waals surface area contributed by atoms with E-state index >= 15 is 0 Å². The Morgan fingerprint density at radius 2 is 2.04 bits per heavy atom. The van der Waals surface area contributed by atoms with Gasteiger partial charge in [0.1, 0.15) is 6.10 Å². The van der Waals surface area contributed by atoms with Gasteiger partial charge in [-0.05, 0) is 25.8 Å². The molecule has 0 radical (unpaired) electrons. The van der Waals surface area contributed by atoms with Crippen molar-refractivity contribution in [3.63, 3.8) is 0 Å². The summed E-state index contributed by atoms with van der Waals surface area (Å²) in [6, 6.07) is 0. The minimum Gasteiger partial charge on any atom is -0.459 e. The van der Waals surface area contributed by atoms with Gasteiger partial charge in [-0.1, -0.05) is 39.5 Å². The first-order chi connectivity index (χ1) is 12.8. The van der Waals surface area contributed by atoms with Gasteiger partial charge in [0.05, 0.1) is 31.5 Å². The normalized spacial score (nSPS) is 28.9. The molecule has 27 heavy (non-hydrogen) atoms. The molecule has 7 nitrogen and oxygen atoms in total. The number of rotatable bonds is 12. The number of unbranched alkanes of at least 4 members (excludes halogenated alkanes) is 3. The third kappa shape index (κ3) is 6.69. The summed E-state index contributed by atoms with van der Waals surface area (Å²) in [5.74, 6) is -0.258. The van der Waals surface area contributed by atoms with Gasteiger partial charge in [0.2, 0.25) is 0 Å². The van der Waals surface area contributed by atoms with Crippen LogP contribution >= 0.6 is 0 Å². The van der Waals surface area contributed by atoms with Crippen molar-refractivity contribution in [1.82, 2.24) is 5.32 Å². The molecule has 1 aliphatic heterocycles. The highest BCUT2D eigenvalue weighted by molar-refractivity contribution is 7.85. The van der Waals surface area contributed by atoms with Crippen molar-refractivity contribution >= 4 is 16.1 Å². The molecular formula is C19H35NO6S. The second kappa shape index (κ2) is 10.2. The largest absolute Gasteiger partial charge is 0.459 e. The van der Waals surface area contributed by atoms with Crippen LogP contribution in [-0.2, 0) is 28.6 Å². The van der Waals surface area contributed by atoms with Gasteiger partial charge in [-0.2, -0.15) is 8.42 Å². The Morgan fingerprint density at radius 3 is 2.67 bits per heavy atom. The van der Waals surface area contributed by atoms with E-state index in [1.165, 1.54) is 12.8 Å². The van der Waals surface area contributed by atoms with Crippen LogP contribution in [0.25, 0.3) is 0 Å². The second-order valence-electron chi connectivity index (χ2n) is 8.04. The molecule has 158 valence electrons. The fraction of sp³-hybridized carbons (Fsp3) is 0.947. The topological polar surface area (TPSA) is 90.9 Å². The molecule has 0 bridgehead atoms. The lowest BCUT2D eigenvalue weighted by Crippen LogP contribution is -2.60. The standard InChI is InChI=1S/C19H35NO6S/c1-4-5-6-7-8-15(2)18(21)26-17-16(13-19(17)9-10-20-14-19)24-11-12-25-27(3,22)23/h15-17,20H,4-14H2,1-3H3. The molecule has 2 rings (SSSR count). The average Bonchev–Trinajstić information content (AvgIpc) is 3.09. The van der Waals surface area contributed by atoms with Gasteiger partial charge in [-0.25, -0.2) is 0 Å². The molecule has 1 N–H and O–H groups in total. The van der Waals surface area contributed by atoms with E-state index in [1.807, 2.05) is 6.92 Å². The van der Waals surface area contributed by atoms with E-state index in [1.54, 1.807) is 0 Å². The summed E-state index contributed by atoms with van der Waals surface area (Å²) in [4.78, 5) is 12.6. The maximum Gasteiger partial charge on any atom is 0.309 e. The monoisotopic (exact) mass is 405 g/mol.